The van der Waals surface area contributed by atoms with Crippen LogP contribution in [0.4, 0.5) is 8.78 Å². The number of nitrogens with one attached hydrogen (secondary N) is 2. The minimum absolute atomic E-state index is 0.0376. The smallest absolute Gasteiger partial charge is 0.272 e. The Morgan fingerprint density at radius 1 is 0.893 bits per heavy atom. The summed E-state index contributed by atoms with van der Waals surface area (Å²) in [6.45, 7) is 1.39. The van der Waals surface area contributed by atoms with E-state index in [1.807, 2.05) is 10.3 Å². The number of carbonyl (C=O) groups is 1. The molecule has 0 spiro atoms. The standard InChI is InChI=1S/C20H16F2N2O3S/c1-13-12-16(14-8-4-2-5-9-14)19(22)17(18(13)21)20(25)23-24-28(26,27)15-10-6-3-7-11-15/h2-12,24H,1H3,(H,23,25). The van der Waals surface area contributed by atoms with Crippen LogP contribution in [0.5, 0.6) is 0 Å². The number of benzene rings is 3. The Morgan fingerprint density at radius 2 is 1.46 bits per heavy atom. The molecule has 0 aliphatic rings. The fourth-order valence-electron chi connectivity index (χ4n) is 2.63. The first-order valence-electron chi connectivity index (χ1n) is 8.22. The fourth-order valence-corrected chi connectivity index (χ4v) is 3.49. The summed E-state index contributed by atoms with van der Waals surface area (Å²) in [5.74, 6) is -3.38. The van der Waals surface area contributed by atoms with Crippen molar-refractivity contribution >= 4 is 15.9 Å². The second-order valence-electron chi connectivity index (χ2n) is 5.98. The monoisotopic (exact) mass is 402 g/mol. The molecule has 0 fully saturated rings. The molecular weight excluding hydrogens is 386 g/mol. The van der Waals surface area contributed by atoms with Crippen LogP contribution in [-0.2, 0) is 10.0 Å². The largest absolute Gasteiger partial charge is 0.273 e. The summed E-state index contributed by atoms with van der Waals surface area (Å²) in [6.07, 6.45) is 0. The minimum Gasteiger partial charge on any atom is -0.273 e. The van der Waals surface area contributed by atoms with Crippen molar-refractivity contribution in [1.82, 2.24) is 10.3 Å². The van der Waals surface area contributed by atoms with Gasteiger partial charge in [0, 0.05) is 5.56 Å². The maximum Gasteiger partial charge on any atom is 0.272 e. The summed E-state index contributed by atoms with van der Waals surface area (Å²) in [4.78, 5) is 14.1. The molecule has 2 N–H and O–H groups in total. The Kier molecular flexibility index (Phi) is 5.53. The van der Waals surface area contributed by atoms with Crippen molar-refractivity contribution in [2.75, 3.05) is 0 Å². The number of hydrogen-bond donors (Lipinski definition) is 2. The Labute approximate surface area is 161 Å². The van der Waals surface area contributed by atoms with Crippen molar-refractivity contribution in [3.63, 3.8) is 0 Å². The summed E-state index contributed by atoms with van der Waals surface area (Å²) < 4.78 is 53.7. The molecule has 28 heavy (non-hydrogen) atoms. The van der Waals surface area contributed by atoms with Gasteiger partial charge in [-0.15, -0.1) is 4.83 Å². The van der Waals surface area contributed by atoms with Crippen LogP contribution in [0, 0.1) is 18.6 Å². The van der Waals surface area contributed by atoms with E-state index in [9.17, 15) is 22.0 Å². The summed E-state index contributed by atoms with van der Waals surface area (Å²) in [5, 5.41) is 0. The van der Waals surface area contributed by atoms with Gasteiger partial charge >= 0.3 is 0 Å². The quantitative estimate of drug-likeness (QED) is 0.641. The van der Waals surface area contributed by atoms with E-state index in [4.69, 9.17) is 0 Å². The number of halogens is 2. The van der Waals surface area contributed by atoms with Crippen LogP contribution in [0.1, 0.15) is 15.9 Å². The van der Waals surface area contributed by atoms with Gasteiger partial charge in [-0.25, -0.2) is 17.2 Å². The van der Waals surface area contributed by atoms with Gasteiger partial charge in [0.15, 0.2) is 0 Å². The summed E-state index contributed by atoms with van der Waals surface area (Å²) >= 11 is 0. The van der Waals surface area contributed by atoms with Crippen LogP contribution in [-0.4, -0.2) is 14.3 Å². The lowest BCUT2D eigenvalue weighted by atomic mass is 9.98. The maximum absolute atomic E-state index is 14.9. The first kappa shape index (κ1) is 19.7. The van der Waals surface area contributed by atoms with E-state index in [0.717, 1.165) is 0 Å². The molecule has 0 saturated heterocycles. The molecule has 3 rings (SSSR count). The van der Waals surface area contributed by atoms with Gasteiger partial charge in [0.1, 0.15) is 17.2 Å². The third kappa shape index (κ3) is 3.92. The number of sulfonamides is 1. The molecule has 0 saturated carbocycles. The average Bonchev–Trinajstić information content (AvgIpc) is 2.71. The predicted octanol–water partition coefficient (Wildman–Crippen LogP) is 3.56. The van der Waals surface area contributed by atoms with E-state index in [2.05, 4.69) is 0 Å². The second kappa shape index (κ2) is 7.87. The molecule has 0 aliphatic heterocycles. The second-order valence-corrected chi connectivity index (χ2v) is 7.67. The van der Waals surface area contributed by atoms with Crippen LogP contribution < -0.4 is 10.3 Å². The van der Waals surface area contributed by atoms with Crippen molar-refractivity contribution < 1.29 is 22.0 Å². The van der Waals surface area contributed by atoms with Crippen molar-refractivity contribution in [3.8, 4) is 11.1 Å². The highest BCUT2D eigenvalue weighted by Crippen LogP contribution is 2.29. The first-order valence-corrected chi connectivity index (χ1v) is 9.71. The number of hydrazine groups is 1. The molecule has 0 radical (unpaired) electrons. The highest BCUT2D eigenvalue weighted by molar-refractivity contribution is 7.89. The lowest BCUT2D eigenvalue weighted by molar-refractivity contribution is 0.0936. The molecular formula is C20H16F2N2O3S. The molecule has 0 aromatic heterocycles. The predicted molar refractivity (Wildman–Crippen MR) is 101 cm³/mol. The molecule has 3 aromatic rings. The van der Waals surface area contributed by atoms with E-state index >= 15 is 0 Å². The zero-order valence-corrected chi connectivity index (χ0v) is 15.6. The number of hydrogen-bond acceptors (Lipinski definition) is 3. The van der Waals surface area contributed by atoms with Gasteiger partial charge in [0.05, 0.1) is 4.90 Å². The topological polar surface area (TPSA) is 75.3 Å². The minimum atomic E-state index is -4.09. The average molecular weight is 402 g/mol. The van der Waals surface area contributed by atoms with Crippen LogP contribution in [0.3, 0.4) is 0 Å². The zero-order chi connectivity index (χ0) is 20.3. The maximum atomic E-state index is 14.9. The van der Waals surface area contributed by atoms with Gasteiger partial charge in [-0.2, -0.15) is 0 Å². The first-order chi connectivity index (χ1) is 13.3. The molecule has 0 atom stereocenters. The molecule has 3 aromatic carbocycles. The summed E-state index contributed by atoms with van der Waals surface area (Å²) in [5.41, 5.74) is 1.55. The lowest BCUT2D eigenvalue weighted by Crippen LogP contribution is -2.42. The van der Waals surface area contributed by atoms with Crippen LogP contribution >= 0.6 is 0 Å². The number of rotatable bonds is 5. The molecule has 144 valence electrons. The highest BCUT2D eigenvalue weighted by Gasteiger charge is 2.25. The van der Waals surface area contributed by atoms with Crippen LogP contribution in [0.15, 0.2) is 71.6 Å². The van der Waals surface area contributed by atoms with E-state index in [1.165, 1.54) is 37.3 Å². The molecule has 5 nitrogen and oxygen atoms in total. The number of amides is 1. The normalized spacial score (nSPS) is 11.2. The van der Waals surface area contributed by atoms with Gasteiger partial charge < -0.3 is 0 Å². The Morgan fingerprint density at radius 3 is 2.07 bits per heavy atom. The molecule has 8 heteroatoms. The number of carbonyl (C=O) groups excluding carboxylic acids is 1. The van der Waals surface area contributed by atoms with Crippen molar-refractivity contribution in [3.05, 3.63) is 89.5 Å². The van der Waals surface area contributed by atoms with Gasteiger partial charge in [0.25, 0.3) is 15.9 Å². The van der Waals surface area contributed by atoms with Crippen LogP contribution in [0.2, 0.25) is 0 Å². The van der Waals surface area contributed by atoms with E-state index in [1.54, 1.807) is 36.4 Å². The Balaban J connectivity index is 1.93. The summed E-state index contributed by atoms with van der Waals surface area (Å²) in [6, 6.07) is 16.9. The Hall–Kier alpha value is -3.10. The van der Waals surface area contributed by atoms with Crippen molar-refractivity contribution in [1.29, 1.82) is 0 Å². The van der Waals surface area contributed by atoms with Gasteiger partial charge in [-0.05, 0) is 36.2 Å². The van der Waals surface area contributed by atoms with Crippen molar-refractivity contribution in [2.24, 2.45) is 0 Å². The SMILES string of the molecule is Cc1cc(-c2ccccc2)c(F)c(C(=O)NNS(=O)(=O)c2ccccc2)c1F. The molecule has 0 bridgehead atoms. The Bertz CT molecular complexity index is 1120. The lowest BCUT2D eigenvalue weighted by Gasteiger charge is -2.13. The molecule has 1 amide bonds. The van der Waals surface area contributed by atoms with Gasteiger partial charge in [-0.3, -0.25) is 10.2 Å². The molecule has 0 aliphatic carbocycles. The van der Waals surface area contributed by atoms with Crippen molar-refractivity contribution in [2.45, 2.75) is 11.8 Å². The van der Waals surface area contributed by atoms with E-state index in [-0.39, 0.29) is 16.0 Å². The third-order valence-corrected chi connectivity index (χ3v) is 5.31. The summed E-state index contributed by atoms with van der Waals surface area (Å²) in [7, 11) is -4.09. The van der Waals surface area contributed by atoms with Gasteiger partial charge in [-0.1, -0.05) is 48.5 Å². The molecule has 0 unspecified atom stereocenters. The highest BCUT2D eigenvalue weighted by atomic mass is 32.2. The van der Waals surface area contributed by atoms with Crippen LogP contribution in [0.25, 0.3) is 11.1 Å². The van der Waals surface area contributed by atoms with Gasteiger partial charge in [0.2, 0.25) is 0 Å². The third-order valence-electron chi connectivity index (χ3n) is 4.05. The number of aryl methyl sites for hydroxylation is 1. The molecule has 0 heterocycles. The fraction of sp³-hybridized carbons (Fsp3) is 0.0500. The zero-order valence-electron chi connectivity index (χ0n) is 14.7. The van der Waals surface area contributed by atoms with E-state index in [0.29, 0.717) is 5.56 Å². The van der Waals surface area contributed by atoms with E-state index < -0.39 is 33.1 Å².